The molecule has 3 aromatic rings. The van der Waals surface area contributed by atoms with Crippen molar-refractivity contribution in [2.75, 3.05) is 12.4 Å². The minimum atomic E-state index is -1.08. The highest BCUT2D eigenvalue weighted by molar-refractivity contribution is 6.00. The molecule has 172 valence electrons. The number of benzene rings is 2. The van der Waals surface area contributed by atoms with Crippen LogP contribution in [-0.4, -0.2) is 35.1 Å². The van der Waals surface area contributed by atoms with Gasteiger partial charge in [0, 0.05) is 18.3 Å². The molecule has 2 aromatic carbocycles. The molecular formula is C26H29N3O4. The predicted molar refractivity (Wildman–Crippen MR) is 128 cm³/mol. The van der Waals surface area contributed by atoms with Crippen LogP contribution in [0.25, 0.3) is 11.1 Å². The van der Waals surface area contributed by atoms with Gasteiger partial charge < -0.3 is 20.5 Å². The van der Waals surface area contributed by atoms with Crippen LogP contribution in [0.15, 0.2) is 60.8 Å². The fourth-order valence-corrected chi connectivity index (χ4v) is 3.48. The molecule has 0 unspecified atom stereocenters. The number of hydrogen-bond acceptors (Lipinski definition) is 5. The highest BCUT2D eigenvalue weighted by atomic mass is 16.5. The van der Waals surface area contributed by atoms with E-state index in [0.717, 1.165) is 16.9 Å². The molecule has 3 N–H and O–H groups in total. The van der Waals surface area contributed by atoms with Crippen LogP contribution >= 0.6 is 0 Å². The number of carbonyl (C=O) groups is 2. The summed E-state index contributed by atoms with van der Waals surface area (Å²) < 4.78 is 5.33. The Morgan fingerprint density at radius 3 is 2.42 bits per heavy atom. The zero-order valence-electron chi connectivity index (χ0n) is 19.3. The number of aliphatic carboxylic acids is 1. The average Bonchev–Trinajstić information content (AvgIpc) is 2.80. The molecule has 33 heavy (non-hydrogen) atoms. The molecule has 0 spiro atoms. The van der Waals surface area contributed by atoms with Crippen LogP contribution in [0.5, 0.6) is 5.75 Å². The number of pyridine rings is 1. The van der Waals surface area contributed by atoms with E-state index in [0.29, 0.717) is 12.3 Å². The van der Waals surface area contributed by atoms with Crippen LogP contribution in [0.3, 0.4) is 0 Å². The Morgan fingerprint density at radius 1 is 1.06 bits per heavy atom. The van der Waals surface area contributed by atoms with Gasteiger partial charge in [0.1, 0.15) is 17.6 Å². The van der Waals surface area contributed by atoms with Gasteiger partial charge in [-0.1, -0.05) is 49.7 Å². The number of carbonyl (C=O) groups excluding carboxylic acids is 1. The molecule has 0 aliphatic rings. The number of aryl methyl sites for hydroxylation is 1. The number of aromatic nitrogens is 1. The summed E-state index contributed by atoms with van der Waals surface area (Å²) >= 11 is 0. The van der Waals surface area contributed by atoms with Gasteiger partial charge in [-0.2, -0.15) is 0 Å². The molecule has 0 aliphatic heterocycles. The topological polar surface area (TPSA) is 101 Å². The lowest BCUT2D eigenvalue weighted by atomic mass is 10.0. The molecule has 7 heteroatoms. The molecule has 1 heterocycles. The van der Waals surface area contributed by atoms with E-state index >= 15 is 0 Å². The van der Waals surface area contributed by atoms with Crippen molar-refractivity contribution in [2.45, 2.75) is 33.4 Å². The summed E-state index contributed by atoms with van der Waals surface area (Å²) in [4.78, 5) is 28.8. The number of nitrogens with zero attached hydrogens (tertiary/aromatic N) is 1. The molecule has 1 amide bonds. The molecule has 1 aromatic heterocycles. The molecule has 3 rings (SSSR count). The van der Waals surface area contributed by atoms with Gasteiger partial charge in [-0.15, -0.1) is 0 Å². The van der Waals surface area contributed by atoms with Gasteiger partial charge in [0.05, 0.1) is 12.7 Å². The van der Waals surface area contributed by atoms with Gasteiger partial charge in [-0.3, -0.25) is 4.79 Å². The maximum absolute atomic E-state index is 12.8. The first-order chi connectivity index (χ1) is 15.8. The SMILES string of the molecule is COc1ccc(-c2ccc(NCc3cccc(C)c3)nc2)cc1C(=O)N[C@H](C(=O)O)C(C)C. The maximum Gasteiger partial charge on any atom is 0.326 e. The number of rotatable bonds is 9. The van der Waals surface area contributed by atoms with Gasteiger partial charge in [0.25, 0.3) is 5.91 Å². The standard InChI is InChI=1S/C26H29N3O4/c1-16(2)24(26(31)32)29-25(30)21-13-19(8-10-22(21)33-4)20-9-11-23(28-15-20)27-14-18-7-5-6-17(3)12-18/h5-13,15-16,24H,14H2,1-4H3,(H,27,28)(H,29,30)(H,31,32)/t24-/m0/s1. The molecule has 0 radical (unpaired) electrons. The number of hydrogen-bond donors (Lipinski definition) is 3. The fraction of sp³-hybridized carbons (Fsp3) is 0.269. The van der Waals surface area contributed by atoms with Crippen LogP contribution in [0.1, 0.15) is 35.3 Å². The number of carboxylic acids is 1. The van der Waals surface area contributed by atoms with Gasteiger partial charge in [-0.05, 0) is 48.2 Å². The monoisotopic (exact) mass is 447 g/mol. The summed E-state index contributed by atoms with van der Waals surface area (Å²) in [5, 5.41) is 15.3. The predicted octanol–water partition coefficient (Wildman–Crippen LogP) is 4.52. The lowest BCUT2D eigenvalue weighted by molar-refractivity contribution is -0.140. The molecule has 0 fully saturated rings. The van der Waals surface area contributed by atoms with E-state index in [-0.39, 0.29) is 11.5 Å². The minimum absolute atomic E-state index is 0.260. The Balaban J connectivity index is 1.77. The summed E-state index contributed by atoms with van der Waals surface area (Å²) in [7, 11) is 1.47. The zero-order chi connectivity index (χ0) is 24.0. The quantitative estimate of drug-likeness (QED) is 0.446. The van der Waals surface area contributed by atoms with Crippen LogP contribution < -0.4 is 15.4 Å². The Bertz CT molecular complexity index is 1130. The van der Waals surface area contributed by atoms with Crippen molar-refractivity contribution in [3.8, 4) is 16.9 Å². The van der Waals surface area contributed by atoms with Crippen molar-refractivity contribution in [2.24, 2.45) is 5.92 Å². The van der Waals surface area contributed by atoms with E-state index in [1.54, 1.807) is 32.2 Å². The van der Waals surface area contributed by atoms with E-state index in [1.165, 1.54) is 18.2 Å². The Kier molecular flexibility index (Phi) is 7.66. The largest absolute Gasteiger partial charge is 0.496 e. The highest BCUT2D eigenvalue weighted by Gasteiger charge is 2.25. The van der Waals surface area contributed by atoms with E-state index in [4.69, 9.17) is 4.74 Å². The Morgan fingerprint density at radius 2 is 1.82 bits per heavy atom. The first-order valence-corrected chi connectivity index (χ1v) is 10.8. The molecule has 0 aliphatic carbocycles. The number of nitrogens with one attached hydrogen (secondary N) is 2. The number of methoxy groups -OCH3 is 1. The van der Waals surface area contributed by atoms with Crippen LogP contribution in [0, 0.1) is 12.8 Å². The van der Waals surface area contributed by atoms with Crippen molar-refractivity contribution < 1.29 is 19.4 Å². The first-order valence-electron chi connectivity index (χ1n) is 10.8. The zero-order valence-corrected chi connectivity index (χ0v) is 19.3. The summed E-state index contributed by atoms with van der Waals surface area (Å²) in [5.41, 5.74) is 4.25. The normalized spacial score (nSPS) is 11.7. The van der Waals surface area contributed by atoms with E-state index in [1.807, 2.05) is 24.3 Å². The van der Waals surface area contributed by atoms with Crippen LogP contribution in [0.4, 0.5) is 5.82 Å². The van der Waals surface area contributed by atoms with E-state index < -0.39 is 17.9 Å². The van der Waals surface area contributed by atoms with Crippen molar-refractivity contribution in [1.82, 2.24) is 10.3 Å². The van der Waals surface area contributed by atoms with E-state index in [9.17, 15) is 14.7 Å². The molecule has 1 atom stereocenters. The molecule has 0 saturated carbocycles. The lowest BCUT2D eigenvalue weighted by Gasteiger charge is -2.19. The fourth-order valence-electron chi connectivity index (χ4n) is 3.48. The van der Waals surface area contributed by atoms with Crippen molar-refractivity contribution in [3.05, 3.63) is 77.5 Å². The van der Waals surface area contributed by atoms with Crippen molar-refractivity contribution in [3.63, 3.8) is 0 Å². The first kappa shape index (κ1) is 23.8. The van der Waals surface area contributed by atoms with Gasteiger partial charge in [0.2, 0.25) is 0 Å². The molecule has 7 nitrogen and oxygen atoms in total. The number of anilines is 1. The maximum atomic E-state index is 12.8. The number of carboxylic acid groups (broad SMARTS) is 1. The third-order valence-electron chi connectivity index (χ3n) is 5.32. The van der Waals surface area contributed by atoms with Crippen LogP contribution in [0.2, 0.25) is 0 Å². The van der Waals surface area contributed by atoms with Gasteiger partial charge in [0.15, 0.2) is 0 Å². The second-order valence-corrected chi connectivity index (χ2v) is 8.22. The molecule has 0 saturated heterocycles. The second-order valence-electron chi connectivity index (χ2n) is 8.22. The third kappa shape index (κ3) is 6.10. The lowest BCUT2D eigenvalue weighted by Crippen LogP contribution is -2.44. The number of ether oxygens (including phenoxy) is 1. The second kappa shape index (κ2) is 10.6. The van der Waals surface area contributed by atoms with E-state index in [2.05, 4.69) is 40.7 Å². The summed E-state index contributed by atoms with van der Waals surface area (Å²) in [6.07, 6.45) is 1.73. The summed E-state index contributed by atoms with van der Waals surface area (Å²) in [6, 6.07) is 16.3. The minimum Gasteiger partial charge on any atom is -0.496 e. The highest BCUT2D eigenvalue weighted by Crippen LogP contribution is 2.27. The molecule has 0 bridgehead atoms. The van der Waals surface area contributed by atoms with Gasteiger partial charge >= 0.3 is 5.97 Å². The molecular weight excluding hydrogens is 418 g/mol. The summed E-state index contributed by atoms with van der Waals surface area (Å²) in [5.74, 6) is -0.725. The number of amides is 1. The third-order valence-corrected chi connectivity index (χ3v) is 5.32. The van der Waals surface area contributed by atoms with Gasteiger partial charge in [-0.25, -0.2) is 9.78 Å². The van der Waals surface area contributed by atoms with Crippen LogP contribution in [-0.2, 0) is 11.3 Å². The summed E-state index contributed by atoms with van der Waals surface area (Å²) in [6.45, 7) is 6.21. The Labute approximate surface area is 193 Å². The Hall–Kier alpha value is -3.87. The van der Waals surface area contributed by atoms with Crippen molar-refractivity contribution in [1.29, 1.82) is 0 Å². The van der Waals surface area contributed by atoms with Crippen molar-refractivity contribution >= 4 is 17.7 Å². The smallest absolute Gasteiger partial charge is 0.326 e. The average molecular weight is 448 g/mol.